The van der Waals surface area contributed by atoms with Crippen LogP contribution in [-0.4, -0.2) is 5.91 Å². The van der Waals surface area contributed by atoms with Crippen LogP contribution in [-0.2, 0) is 4.79 Å². The Morgan fingerprint density at radius 3 is 2.87 bits per heavy atom. The molecule has 0 aliphatic rings. The maximum absolute atomic E-state index is 11.7. The molecule has 82 valence electrons. The van der Waals surface area contributed by atoms with Gasteiger partial charge in [0.1, 0.15) is 0 Å². The summed E-state index contributed by atoms with van der Waals surface area (Å²) in [4.78, 5) is 11.7. The zero-order valence-corrected chi connectivity index (χ0v) is 11.2. The molecule has 0 radical (unpaired) electrons. The van der Waals surface area contributed by atoms with Gasteiger partial charge in [0.05, 0.1) is 0 Å². The lowest BCUT2D eigenvalue weighted by atomic mass is 10.1. The van der Waals surface area contributed by atoms with Crippen molar-refractivity contribution in [3.8, 4) is 0 Å². The Hall–Kier alpha value is -0.580. The van der Waals surface area contributed by atoms with Crippen LogP contribution in [0.15, 0.2) is 24.3 Å². The van der Waals surface area contributed by atoms with Gasteiger partial charge in [0.25, 0.3) is 0 Å². The lowest BCUT2D eigenvalue weighted by Gasteiger charge is -2.11. The van der Waals surface area contributed by atoms with Crippen LogP contribution < -0.4 is 5.32 Å². The molecular formula is C12H16INO. The van der Waals surface area contributed by atoms with Gasteiger partial charge in [0.2, 0.25) is 5.91 Å². The highest BCUT2D eigenvalue weighted by Crippen LogP contribution is 2.14. The van der Waals surface area contributed by atoms with Crippen molar-refractivity contribution in [2.24, 2.45) is 5.92 Å². The molecule has 2 nitrogen and oxygen atoms in total. The quantitative estimate of drug-likeness (QED) is 0.844. The average Bonchev–Trinajstić information content (AvgIpc) is 2.18. The predicted octanol–water partition coefficient (Wildman–Crippen LogP) is 3.67. The molecule has 0 spiro atoms. The van der Waals surface area contributed by atoms with Gasteiger partial charge in [-0.2, -0.15) is 0 Å². The molecule has 0 heterocycles. The van der Waals surface area contributed by atoms with E-state index in [0.717, 1.165) is 22.1 Å². The van der Waals surface area contributed by atoms with Gasteiger partial charge in [-0.05, 0) is 47.2 Å². The van der Waals surface area contributed by atoms with Gasteiger partial charge < -0.3 is 5.32 Å². The SMILES string of the molecule is CCCC(C)C(=O)Nc1cccc(I)c1. The first-order chi connectivity index (χ1) is 7.13. The summed E-state index contributed by atoms with van der Waals surface area (Å²) in [5.74, 6) is 0.201. The summed E-state index contributed by atoms with van der Waals surface area (Å²) in [5, 5.41) is 2.92. The van der Waals surface area contributed by atoms with E-state index in [-0.39, 0.29) is 11.8 Å². The van der Waals surface area contributed by atoms with E-state index in [1.54, 1.807) is 0 Å². The first-order valence-electron chi connectivity index (χ1n) is 5.20. The zero-order chi connectivity index (χ0) is 11.3. The average molecular weight is 317 g/mol. The second-order valence-corrected chi connectivity index (χ2v) is 4.93. The molecule has 1 N–H and O–H groups in total. The van der Waals surface area contributed by atoms with E-state index >= 15 is 0 Å². The molecule has 0 bridgehead atoms. The van der Waals surface area contributed by atoms with Crippen molar-refractivity contribution in [3.63, 3.8) is 0 Å². The highest BCUT2D eigenvalue weighted by Gasteiger charge is 2.11. The van der Waals surface area contributed by atoms with Gasteiger partial charge in [-0.3, -0.25) is 4.79 Å². The summed E-state index contributed by atoms with van der Waals surface area (Å²) in [6, 6.07) is 7.84. The Bertz CT molecular complexity index is 338. The normalized spacial score (nSPS) is 12.2. The number of nitrogens with one attached hydrogen (secondary N) is 1. The van der Waals surface area contributed by atoms with Crippen molar-refractivity contribution in [1.82, 2.24) is 0 Å². The molecule has 0 saturated heterocycles. The lowest BCUT2D eigenvalue weighted by molar-refractivity contribution is -0.119. The largest absolute Gasteiger partial charge is 0.326 e. The lowest BCUT2D eigenvalue weighted by Crippen LogP contribution is -2.20. The van der Waals surface area contributed by atoms with Gasteiger partial charge in [0.15, 0.2) is 0 Å². The number of hydrogen-bond donors (Lipinski definition) is 1. The Balaban J connectivity index is 2.58. The highest BCUT2D eigenvalue weighted by molar-refractivity contribution is 14.1. The van der Waals surface area contributed by atoms with Crippen molar-refractivity contribution in [2.45, 2.75) is 26.7 Å². The van der Waals surface area contributed by atoms with Crippen LogP contribution in [0.3, 0.4) is 0 Å². The molecule has 1 amide bonds. The summed E-state index contributed by atoms with van der Waals surface area (Å²) in [6.45, 7) is 4.06. The van der Waals surface area contributed by atoms with Crippen LogP contribution in [0.25, 0.3) is 0 Å². The third-order valence-corrected chi connectivity index (χ3v) is 2.93. The predicted molar refractivity (Wildman–Crippen MR) is 71.9 cm³/mol. The van der Waals surface area contributed by atoms with Crippen molar-refractivity contribution in [3.05, 3.63) is 27.8 Å². The Morgan fingerprint density at radius 2 is 2.27 bits per heavy atom. The van der Waals surface area contributed by atoms with Crippen molar-refractivity contribution in [1.29, 1.82) is 0 Å². The minimum Gasteiger partial charge on any atom is -0.326 e. The smallest absolute Gasteiger partial charge is 0.227 e. The summed E-state index contributed by atoms with van der Waals surface area (Å²) in [5.41, 5.74) is 0.884. The fourth-order valence-electron chi connectivity index (χ4n) is 1.40. The minimum absolute atomic E-state index is 0.0906. The molecular weight excluding hydrogens is 301 g/mol. The van der Waals surface area contributed by atoms with Crippen LogP contribution in [0.2, 0.25) is 0 Å². The van der Waals surface area contributed by atoms with Gasteiger partial charge >= 0.3 is 0 Å². The number of benzene rings is 1. The van der Waals surface area contributed by atoms with Gasteiger partial charge in [-0.15, -0.1) is 0 Å². The summed E-state index contributed by atoms with van der Waals surface area (Å²) < 4.78 is 1.13. The molecule has 0 fully saturated rings. The maximum atomic E-state index is 11.7. The molecule has 0 aliphatic carbocycles. The number of hydrogen-bond acceptors (Lipinski definition) is 1. The Labute approximate surface area is 105 Å². The van der Waals surface area contributed by atoms with Gasteiger partial charge in [-0.25, -0.2) is 0 Å². The molecule has 1 rings (SSSR count). The van der Waals surface area contributed by atoms with E-state index in [2.05, 4.69) is 34.8 Å². The topological polar surface area (TPSA) is 29.1 Å². The molecule has 1 aromatic rings. The van der Waals surface area contributed by atoms with E-state index < -0.39 is 0 Å². The van der Waals surface area contributed by atoms with Gasteiger partial charge in [0, 0.05) is 15.2 Å². The number of rotatable bonds is 4. The molecule has 1 atom stereocenters. The maximum Gasteiger partial charge on any atom is 0.227 e. The molecule has 0 saturated carbocycles. The molecule has 1 unspecified atom stereocenters. The van der Waals surface area contributed by atoms with E-state index in [4.69, 9.17) is 0 Å². The highest BCUT2D eigenvalue weighted by atomic mass is 127. The van der Waals surface area contributed by atoms with E-state index in [1.807, 2.05) is 31.2 Å². The third kappa shape index (κ3) is 4.20. The monoisotopic (exact) mass is 317 g/mol. The van der Waals surface area contributed by atoms with Crippen molar-refractivity contribution < 1.29 is 4.79 Å². The number of anilines is 1. The standard InChI is InChI=1S/C12H16INO/c1-3-5-9(2)12(15)14-11-7-4-6-10(13)8-11/h4,6-9H,3,5H2,1-2H3,(H,14,15). The van der Waals surface area contributed by atoms with Crippen molar-refractivity contribution >= 4 is 34.2 Å². The number of carbonyl (C=O) groups excluding carboxylic acids is 1. The second-order valence-electron chi connectivity index (χ2n) is 3.69. The van der Waals surface area contributed by atoms with Gasteiger partial charge in [-0.1, -0.05) is 26.3 Å². The fourth-order valence-corrected chi connectivity index (χ4v) is 1.94. The fraction of sp³-hybridized carbons (Fsp3) is 0.417. The van der Waals surface area contributed by atoms with Crippen molar-refractivity contribution in [2.75, 3.05) is 5.32 Å². The van der Waals surface area contributed by atoms with Crippen LogP contribution in [0, 0.1) is 9.49 Å². The number of carbonyl (C=O) groups is 1. The summed E-state index contributed by atoms with van der Waals surface area (Å²) >= 11 is 2.23. The minimum atomic E-state index is 0.0906. The Kier molecular flexibility index (Phi) is 5.08. The first-order valence-corrected chi connectivity index (χ1v) is 6.27. The second kappa shape index (κ2) is 6.10. The number of halogens is 1. The first kappa shape index (κ1) is 12.5. The summed E-state index contributed by atoms with van der Waals surface area (Å²) in [6.07, 6.45) is 1.98. The van der Waals surface area contributed by atoms with E-state index in [0.29, 0.717) is 0 Å². The molecule has 0 aromatic heterocycles. The molecule has 15 heavy (non-hydrogen) atoms. The zero-order valence-electron chi connectivity index (χ0n) is 9.09. The molecule has 3 heteroatoms. The third-order valence-electron chi connectivity index (χ3n) is 2.26. The molecule has 1 aromatic carbocycles. The van der Waals surface area contributed by atoms with Crippen LogP contribution >= 0.6 is 22.6 Å². The van der Waals surface area contributed by atoms with Crippen LogP contribution in [0.5, 0.6) is 0 Å². The van der Waals surface area contributed by atoms with E-state index in [1.165, 1.54) is 0 Å². The van der Waals surface area contributed by atoms with E-state index in [9.17, 15) is 4.79 Å². The molecule has 0 aliphatic heterocycles. The summed E-state index contributed by atoms with van der Waals surface area (Å²) in [7, 11) is 0. The van der Waals surface area contributed by atoms with Crippen LogP contribution in [0.4, 0.5) is 5.69 Å². The number of amides is 1. The Morgan fingerprint density at radius 1 is 1.53 bits per heavy atom. The van der Waals surface area contributed by atoms with Crippen LogP contribution in [0.1, 0.15) is 26.7 Å².